The van der Waals surface area contributed by atoms with E-state index in [1.54, 1.807) is 0 Å². The van der Waals surface area contributed by atoms with E-state index in [1.165, 1.54) is 11.1 Å². The zero-order chi connectivity index (χ0) is 44.4. The molecule has 0 bridgehead atoms. The summed E-state index contributed by atoms with van der Waals surface area (Å²) in [5, 5.41) is 11.8. The largest absolute Gasteiger partial charge is 0.494 e. The molecule has 0 aliphatic carbocycles. The third-order valence-electron chi connectivity index (χ3n) is 11.0. The van der Waals surface area contributed by atoms with Gasteiger partial charge in [-0.15, -0.1) is 0 Å². The van der Waals surface area contributed by atoms with Crippen molar-refractivity contribution >= 4 is 74.9 Å². The highest BCUT2D eigenvalue weighted by Gasteiger charge is 2.15. The number of nitrogens with zero attached hydrogens (tertiary/aromatic N) is 4. The van der Waals surface area contributed by atoms with Gasteiger partial charge in [-0.05, 0) is 176 Å². The summed E-state index contributed by atoms with van der Waals surface area (Å²) in [6.45, 7) is 17.5. The van der Waals surface area contributed by atoms with E-state index in [4.69, 9.17) is 16.0 Å². The summed E-state index contributed by atoms with van der Waals surface area (Å²) in [5.41, 5.74) is 13.4. The van der Waals surface area contributed by atoms with Gasteiger partial charge < -0.3 is 19.3 Å². The Morgan fingerprint density at radius 2 is 0.812 bits per heavy atom. The van der Waals surface area contributed by atoms with Crippen molar-refractivity contribution < 1.29 is 9.47 Å². The number of benzene rings is 8. The summed E-state index contributed by atoms with van der Waals surface area (Å²) >= 11 is 0. The Balaban J connectivity index is 1.02. The average Bonchev–Trinajstić information content (AvgIpc) is 3.33. The molecule has 0 aliphatic heterocycles. The monoisotopic (exact) mass is 832 g/mol. The second-order valence-corrected chi connectivity index (χ2v) is 15.5. The third kappa shape index (κ3) is 9.74. The van der Waals surface area contributed by atoms with Crippen LogP contribution in [0.4, 0.5) is 39.8 Å². The SMILES string of the molecule is [C-]#[N+]c1cc(/C=C\c2ccc(N(c3ccc(C)cc3)c3ccc(OCC)cc3)cc2)cc2c(C#N)cc(/C=C\c3ccc(N(c4ccc(C)cc4)c4ccc(OCC)cc4)cc3)cc12. The highest BCUT2D eigenvalue weighted by atomic mass is 16.5. The Morgan fingerprint density at radius 1 is 0.469 bits per heavy atom. The van der Waals surface area contributed by atoms with Crippen LogP contribution in [0.25, 0.3) is 39.9 Å². The number of anilines is 6. The van der Waals surface area contributed by atoms with Crippen LogP contribution in [0.1, 0.15) is 52.8 Å². The van der Waals surface area contributed by atoms with Crippen LogP contribution in [0.15, 0.2) is 170 Å². The van der Waals surface area contributed by atoms with Crippen LogP contribution in [0.5, 0.6) is 11.5 Å². The maximum Gasteiger partial charge on any atom is 0.195 e. The first kappa shape index (κ1) is 42.4. The zero-order valence-electron chi connectivity index (χ0n) is 36.5. The first-order valence-corrected chi connectivity index (χ1v) is 21.5. The van der Waals surface area contributed by atoms with Gasteiger partial charge in [-0.1, -0.05) is 90.0 Å². The molecule has 8 aromatic rings. The molecule has 8 rings (SSSR count). The number of fused-ring (bicyclic) bond motifs is 1. The van der Waals surface area contributed by atoms with Gasteiger partial charge in [-0.3, -0.25) is 0 Å². The van der Waals surface area contributed by atoms with E-state index in [-0.39, 0.29) is 0 Å². The molecular formula is C58H48N4O2. The molecule has 6 heteroatoms. The highest BCUT2D eigenvalue weighted by Crippen LogP contribution is 2.38. The molecule has 0 spiro atoms. The molecule has 0 atom stereocenters. The number of hydrogen-bond donors (Lipinski definition) is 0. The van der Waals surface area contributed by atoms with E-state index in [2.05, 4.69) is 156 Å². The van der Waals surface area contributed by atoms with Gasteiger partial charge in [0.15, 0.2) is 5.69 Å². The Hall–Kier alpha value is -8.32. The highest BCUT2D eigenvalue weighted by molar-refractivity contribution is 6.01. The molecule has 0 unspecified atom stereocenters. The van der Waals surface area contributed by atoms with Gasteiger partial charge in [-0.2, -0.15) is 5.26 Å². The number of rotatable bonds is 14. The van der Waals surface area contributed by atoms with Crippen molar-refractivity contribution in [1.82, 2.24) is 0 Å². The maximum atomic E-state index is 10.3. The van der Waals surface area contributed by atoms with Crippen LogP contribution in [0.3, 0.4) is 0 Å². The first-order chi connectivity index (χ1) is 31.3. The Kier molecular flexibility index (Phi) is 13.0. The Morgan fingerprint density at radius 3 is 1.19 bits per heavy atom. The van der Waals surface area contributed by atoms with Crippen molar-refractivity contribution in [2.75, 3.05) is 23.0 Å². The van der Waals surface area contributed by atoms with Gasteiger partial charge in [0, 0.05) is 34.1 Å². The predicted octanol–water partition coefficient (Wildman–Crippen LogP) is 16.0. The molecule has 0 N–H and O–H groups in total. The average molecular weight is 833 g/mol. The number of hydrogen-bond acceptors (Lipinski definition) is 5. The van der Waals surface area contributed by atoms with Crippen LogP contribution in [0.2, 0.25) is 0 Å². The van der Waals surface area contributed by atoms with Crippen LogP contribution in [0, 0.1) is 31.8 Å². The van der Waals surface area contributed by atoms with Crippen molar-refractivity contribution in [2.45, 2.75) is 27.7 Å². The molecule has 0 aliphatic rings. The molecule has 6 nitrogen and oxygen atoms in total. The molecule has 0 aromatic heterocycles. The molecule has 0 saturated carbocycles. The molecule has 312 valence electrons. The summed E-state index contributed by atoms with van der Waals surface area (Å²) in [4.78, 5) is 8.36. The normalized spacial score (nSPS) is 11.1. The molecule has 0 radical (unpaired) electrons. The minimum Gasteiger partial charge on any atom is -0.494 e. The molecule has 64 heavy (non-hydrogen) atoms. The third-order valence-corrected chi connectivity index (χ3v) is 11.0. The van der Waals surface area contributed by atoms with E-state index < -0.39 is 0 Å². The van der Waals surface area contributed by atoms with E-state index >= 15 is 0 Å². The van der Waals surface area contributed by atoms with Crippen LogP contribution in [-0.4, -0.2) is 13.2 Å². The lowest BCUT2D eigenvalue weighted by Gasteiger charge is -2.26. The van der Waals surface area contributed by atoms with Gasteiger partial charge in [0.1, 0.15) is 11.5 Å². The summed E-state index contributed by atoms with van der Waals surface area (Å²) in [6.07, 6.45) is 8.08. The van der Waals surface area contributed by atoms with E-state index in [0.717, 1.165) is 78.6 Å². The molecule has 0 heterocycles. The van der Waals surface area contributed by atoms with Crippen LogP contribution >= 0.6 is 0 Å². The maximum absolute atomic E-state index is 10.3. The number of nitriles is 1. The van der Waals surface area contributed by atoms with Gasteiger partial charge in [0.2, 0.25) is 0 Å². The van der Waals surface area contributed by atoms with Crippen LogP contribution < -0.4 is 19.3 Å². The second kappa shape index (κ2) is 19.6. The van der Waals surface area contributed by atoms with Crippen molar-refractivity contribution in [3.05, 3.63) is 220 Å². The number of ether oxygens (including phenoxy) is 2. The smallest absolute Gasteiger partial charge is 0.195 e. The summed E-state index contributed by atoms with van der Waals surface area (Å²) in [6, 6.07) is 60.3. The van der Waals surface area contributed by atoms with E-state index in [1.807, 2.05) is 86.7 Å². The summed E-state index contributed by atoms with van der Waals surface area (Å²) < 4.78 is 11.4. The second-order valence-electron chi connectivity index (χ2n) is 15.5. The molecule has 0 saturated heterocycles. The molecular weight excluding hydrogens is 785 g/mol. The van der Waals surface area contributed by atoms with Crippen molar-refractivity contribution in [3.8, 4) is 17.6 Å². The zero-order valence-corrected chi connectivity index (χ0v) is 36.5. The fourth-order valence-corrected chi connectivity index (χ4v) is 7.72. The predicted molar refractivity (Wildman–Crippen MR) is 267 cm³/mol. The van der Waals surface area contributed by atoms with Gasteiger partial charge >= 0.3 is 0 Å². The fourth-order valence-electron chi connectivity index (χ4n) is 7.72. The first-order valence-electron chi connectivity index (χ1n) is 21.5. The van der Waals surface area contributed by atoms with Crippen molar-refractivity contribution in [3.63, 3.8) is 0 Å². The fraction of sp³-hybridized carbons (Fsp3) is 0.103. The quantitative estimate of drug-likeness (QED) is 0.0807. The van der Waals surface area contributed by atoms with E-state index in [9.17, 15) is 5.26 Å². The van der Waals surface area contributed by atoms with Gasteiger partial charge in [0.05, 0.1) is 31.4 Å². The number of aryl methyl sites for hydroxylation is 2. The Labute approximate surface area is 376 Å². The minimum absolute atomic E-state index is 0.498. The lowest BCUT2D eigenvalue weighted by molar-refractivity contribution is 0.340. The standard InChI is InChI=1S/C58H48N4O2/c1-6-63-54-32-28-52(29-33-54)61(48-20-8-41(3)9-21-48)50-24-16-43(17-25-50)12-14-45-36-47(40-59)56-37-46(39-58(60-5)57(56)38-45)15-13-44-18-26-51(27-19-44)62(49-22-10-42(4)11-23-49)53-30-34-55(35-31-53)64-7-2/h8-39H,6-7H2,1-4H3/b14-12-,15-13-. The van der Waals surface area contributed by atoms with Crippen molar-refractivity contribution in [1.29, 1.82) is 5.26 Å². The van der Waals surface area contributed by atoms with Crippen LogP contribution in [-0.2, 0) is 0 Å². The van der Waals surface area contributed by atoms with Gasteiger partial charge in [0.25, 0.3) is 0 Å². The molecule has 0 amide bonds. The molecule has 8 aromatic carbocycles. The summed E-state index contributed by atoms with van der Waals surface area (Å²) in [5.74, 6) is 1.68. The molecule has 0 fully saturated rings. The van der Waals surface area contributed by atoms with Gasteiger partial charge in [-0.25, -0.2) is 4.85 Å². The van der Waals surface area contributed by atoms with E-state index in [0.29, 0.717) is 24.5 Å². The Bertz CT molecular complexity index is 2800. The minimum atomic E-state index is 0.498. The van der Waals surface area contributed by atoms with Crippen molar-refractivity contribution in [2.24, 2.45) is 0 Å². The summed E-state index contributed by atoms with van der Waals surface area (Å²) in [7, 11) is 0. The topological polar surface area (TPSA) is 53.1 Å². The lowest BCUT2D eigenvalue weighted by Crippen LogP contribution is -2.09. The lowest BCUT2D eigenvalue weighted by atomic mass is 9.97.